The Kier molecular flexibility index (Phi) is 9.71. The number of non-ortho nitro benzene ring substituents is 1. The van der Waals surface area contributed by atoms with Crippen LogP contribution < -0.4 is 4.72 Å². The van der Waals surface area contributed by atoms with Crippen LogP contribution in [0.25, 0.3) is 0 Å². The molecule has 0 spiro atoms. The molecule has 1 N–H and O–H groups in total. The van der Waals surface area contributed by atoms with E-state index in [-0.39, 0.29) is 12.3 Å². The van der Waals surface area contributed by atoms with Crippen molar-refractivity contribution in [2.24, 2.45) is 0 Å². The molecule has 36 heavy (non-hydrogen) atoms. The first-order valence-corrected chi connectivity index (χ1v) is 12.3. The summed E-state index contributed by atoms with van der Waals surface area (Å²) in [7, 11) is -1.72. The van der Waals surface area contributed by atoms with Gasteiger partial charge in [0.15, 0.2) is 0 Å². The highest BCUT2D eigenvalue weighted by Crippen LogP contribution is 2.27. The van der Waals surface area contributed by atoms with Gasteiger partial charge in [-0.05, 0) is 52.7 Å². The Morgan fingerprint density at radius 2 is 1.58 bits per heavy atom. The Labute approximate surface area is 213 Å². The Bertz CT molecular complexity index is 1080. The molecule has 0 amide bonds. The quantitative estimate of drug-likeness (QED) is 0.284. The van der Waals surface area contributed by atoms with Gasteiger partial charge in [0.25, 0.3) is 5.69 Å². The number of nitrogens with zero attached hydrogens (tertiary/aromatic N) is 1. The molecule has 0 heterocycles. The lowest BCUT2D eigenvalue weighted by atomic mass is 10.0. The highest BCUT2D eigenvalue weighted by Gasteiger charge is 2.39. The number of ether oxygens (including phenoxy) is 3. The van der Waals surface area contributed by atoms with Gasteiger partial charge in [-0.1, -0.05) is 42.5 Å². The zero-order chi connectivity index (χ0) is 27.1. The molecule has 0 saturated carbocycles. The molecule has 1 unspecified atom stereocenters. The average molecular weight is 521 g/mol. The summed E-state index contributed by atoms with van der Waals surface area (Å²) >= 11 is 0. The van der Waals surface area contributed by atoms with Crippen molar-refractivity contribution < 1.29 is 32.9 Å². The van der Waals surface area contributed by atoms with Crippen molar-refractivity contribution in [2.75, 3.05) is 0 Å². The van der Waals surface area contributed by atoms with E-state index < -0.39 is 50.5 Å². The van der Waals surface area contributed by atoms with Gasteiger partial charge in [0.1, 0.15) is 12.2 Å². The van der Waals surface area contributed by atoms with Crippen LogP contribution in [0.4, 0.5) is 10.5 Å². The second kappa shape index (κ2) is 12.1. The number of nitrogens with one attached hydrogen (secondary N) is 1. The summed E-state index contributed by atoms with van der Waals surface area (Å²) in [4.78, 5) is 36.3. The number of hydrogen-bond donors (Lipinski definition) is 1. The fourth-order valence-electron chi connectivity index (χ4n) is 2.84. The highest BCUT2D eigenvalue weighted by molar-refractivity contribution is 7.84. The summed E-state index contributed by atoms with van der Waals surface area (Å²) in [5.41, 5.74) is -0.0470. The fourth-order valence-corrected chi connectivity index (χ4v) is 3.68. The maximum absolute atomic E-state index is 13.2. The predicted molar refractivity (Wildman–Crippen MR) is 134 cm³/mol. The monoisotopic (exact) mass is 520 g/mol. The van der Waals surface area contributed by atoms with Gasteiger partial charge in [-0.2, -0.15) is 0 Å². The molecule has 0 bridgehead atoms. The van der Waals surface area contributed by atoms with E-state index in [1.807, 2.05) is 6.07 Å². The molecule has 0 fully saturated rings. The summed E-state index contributed by atoms with van der Waals surface area (Å²) in [5, 5.41) is 11.1. The minimum absolute atomic E-state index is 0.0941. The summed E-state index contributed by atoms with van der Waals surface area (Å²) in [6, 6.07) is 13.0. The highest BCUT2D eigenvalue weighted by atomic mass is 32.2. The average Bonchev–Trinajstić information content (AvgIpc) is 2.78. The molecule has 2 aromatic carbocycles. The van der Waals surface area contributed by atoms with Crippen LogP contribution in [0.3, 0.4) is 0 Å². The van der Waals surface area contributed by atoms with Crippen molar-refractivity contribution >= 4 is 28.8 Å². The van der Waals surface area contributed by atoms with Gasteiger partial charge >= 0.3 is 12.1 Å². The molecule has 3 atom stereocenters. The third-order valence-corrected chi connectivity index (χ3v) is 6.21. The Morgan fingerprint density at radius 3 is 2.08 bits per heavy atom. The van der Waals surface area contributed by atoms with E-state index in [2.05, 4.69) is 4.72 Å². The summed E-state index contributed by atoms with van der Waals surface area (Å²) in [6.45, 7) is 9.98. The predicted octanol–water partition coefficient (Wildman–Crippen LogP) is 4.75. The van der Waals surface area contributed by atoms with Crippen molar-refractivity contribution in [1.29, 1.82) is 0 Å². The van der Waals surface area contributed by atoms with Gasteiger partial charge in [-0.25, -0.2) is 18.5 Å². The standard InChI is InChI=1S/C25H32N2O8S/c1-24(2,3)35-23(29)34-21(22(28)33-16-17-10-8-7-9-11-17)20(26-36(32)25(4,5)6)18-12-14-19(15-13-18)27(30)31/h7-15,20-21,26H,16H2,1-6H3/t20-,21+,36?/m0/s1. The van der Waals surface area contributed by atoms with E-state index in [9.17, 15) is 23.9 Å². The van der Waals surface area contributed by atoms with Crippen LogP contribution in [0.15, 0.2) is 54.6 Å². The van der Waals surface area contributed by atoms with Crippen LogP contribution in [0.5, 0.6) is 0 Å². The maximum atomic E-state index is 13.2. The molecule has 0 aliphatic rings. The van der Waals surface area contributed by atoms with E-state index in [4.69, 9.17) is 14.2 Å². The number of nitro groups is 1. The molecule has 0 saturated heterocycles. The Morgan fingerprint density at radius 1 is 1.00 bits per heavy atom. The molecule has 11 heteroatoms. The molecular weight excluding hydrogens is 488 g/mol. The van der Waals surface area contributed by atoms with Gasteiger partial charge in [0.05, 0.1) is 26.7 Å². The lowest BCUT2D eigenvalue weighted by Crippen LogP contribution is -2.46. The molecule has 0 radical (unpaired) electrons. The first kappa shape index (κ1) is 28.9. The molecule has 196 valence electrons. The molecule has 0 aromatic heterocycles. The van der Waals surface area contributed by atoms with Gasteiger partial charge < -0.3 is 14.2 Å². The smallest absolute Gasteiger partial charge is 0.458 e. The van der Waals surface area contributed by atoms with Crippen LogP contribution in [-0.2, 0) is 36.6 Å². The van der Waals surface area contributed by atoms with E-state index in [1.165, 1.54) is 24.3 Å². The molecule has 2 rings (SSSR count). The number of rotatable bonds is 9. The number of nitro benzene ring substituents is 1. The molecular formula is C25H32N2O8S. The first-order chi connectivity index (χ1) is 16.7. The second-order valence-corrected chi connectivity index (χ2v) is 11.9. The minimum atomic E-state index is -1.72. The number of esters is 1. The van der Waals surface area contributed by atoms with E-state index in [0.29, 0.717) is 11.1 Å². The minimum Gasteiger partial charge on any atom is -0.458 e. The van der Waals surface area contributed by atoms with Crippen molar-refractivity contribution in [2.45, 2.75) is 70.6 Å². The molecule has 2 aromatic rings. The van der Waals surface area contributed by atoms with Crippen LogP contribution >= 0.6 is 0 Å². The third kappa shape index (κ3) is 9.04. The summed E-state index contributed by atoms with van der Waals surface area (Å²) in [6.07, 6.45) is -2.74. The van der Waals surface area contributed by atoms with Crippen molar-refractivity contribution in [3.63, 3.8) is 0 Å². The van der Waals surface area contributed by atoms with Gasteiger partial charge in [0, 0.05) is 12.1 Å². The topological polar surface area (TPSA) is 134 Å². The zero-order valence-corrected chi connectivity index (χ0v) is 22.0. The normalized spacial score (nSPS) is 14.3. The summed E-state index contributed by atoms with van der Waals surface area (Å²) < 4.78 is 31.2. The van der Waals surface area contributed by atoms with Crippen LogP contribution in [0.2, 0.25) is 0 Å². The van der Waals surface area contributed by atoms with E-state index in [1.54, 1.807) is 65.8 Å². The van der Waals surface area contributed by atoms with Crippen LogP contribution in [0.1, 0.15) is 58.7 Å². The molecule has 0 aliphatic carbocycles. The van der Waals surface area contributed by atoms with E-state index >= 15 is 0 Å². The van der Waals surface area contributed by atoms with Gasteiger partial charge in [0.2, 0.25) is 6.10 Å². The SMILES string of the molecule is CC(C)(C)OC(=O)O[C@@H](C(=O)OCc1ccccc1)[C@@H](NS(=O)C(C)(C)C)c1ccc([N+](=O)[O-])cc1. The lowest BCUT2D eigenvalue weighted by Gasteiger charge is -2.30. The lowest BCUT2D eigenvalue weighted by molar-refractivity contribution is -0.384. The van der Waals surface area contributed by atoms with Crippen molar-refractivity contribution in [3.05, 3.63) is 75.8 Å². The second-order valence-electron chi connectivity index (χ2n) is 9.92. The Hall–Kier alpha value is -3.31. The van der Waals surface area contributed by atoms with Crippen LogP contribution in [0, 0.1) is 10.1 Å². The number of carbonyl (C=O) groups excluding carboxylic acids is 2. The Balaban J connectivity index is 2.45. The first-order valence-electron chi connectivity index (χ1n) is 11.2. The van der Waals surface area contributed by atoms with Crippen molar-refractivity contribution in [1.82, 2.24) is 4.72 Å². The molecule has 0 aliphatic heterocycles. The van der Waals surface area contributed by atoms with Gasteiger partial charge in [-0.15, -0.1) is 0 Å². The third-order valence-electron chi connectivity index (χ3n) is 4.62. The number of carbonyl (C=O) groups is 2. The van der Waals surface area contributed by atoms with Crippen molar-refractivity contribution in [3.8, 4) is 0 Å². The largest absolute Gasteiger partial charge is 0.509 e. The fraction of sp³-hybridized carbons (Fsp3) is 0.440. The van der Waals surface area contributed by atoms with Gasteiger partial charge in [-0.3, -0.25) is 10.1 Å². The molecule has 10 nitrogen and oxygen atoms in total. The zero-order valence-electron chi connectivity index (χ0n) is 21.2. The number of hydrogen-bond acceptors (Lipinski definition) is 8. The number of benzene rings is 2. The van der Waals surface area contributed by atoms with E-state index in [0.717, 1.165) is 0 Å². The maximum Gasteiger partial charge on any atom is 0.509 e. The summed E-state index contributed by atoms with van der Waals surface area (Å²) in [5.74, 6) is -0.911. The van der Waals surface area contributed by atoms with Crippen LogP contribution in [-0.4, -0.2) is 37.7 Å².